The van der Waals surface area contributed by atoms with Crippen molar-refractivity contribution < 1.29 is 18.0 Å². The molecule has 6 nitrogen and oxygen atoms in total. The van der Waals surface area contributed by atoms with Gasteiger partial charge in [-0.15, -0.1) is 12.3 Å². The number of nitrogens with zero attached hydrogens (tertiary/aromatic N) is 2. The summed E-state index contributed by atoms with van der Waals surface area (Å²) in [5.41, 5.74) is 3.66. The van der Waals surface area contributed by atoms with Gasteiger partial charge in [-0.05, 0) is 35.9 Å². The molecule has 0 aliphatic carbocycles. The highest BCUT2D eigenvalue weighted by Gasteiger charge is 2.36. The summed E-state index contributed by atoms with van der Waals surface area (Å²) in [5.74, 6) is 2.13. The first kappa shape index (κ1) is 20.1. The predicted molar refractivity (Wildman–Crippen MR) is 107 cm³/mol. The van der Waals surface area contributed by atoms with Crippen LogP contribution < -0.4 is 10.4 Å². The highest BCUT2D eigenvalue weighted by Crippen LogP contribution is 2.34. The lowest BCUT2D eigenvalue weighted by Crippen LogP contribution is -2.49. The smallest absolute Gasteiger partial charge is 0.222 e. The maximum absolute atomic E-state index is 13.3. The number of hydrogen-bond acceptors (Lipinski definition) is 5. The molecular weight excluding hydrogens is 381 g/mol. The van der Waals surface area contributed by atoms with Crippen molar-refractivity contribution in [1.82, 2.24) is 4.31 Å². The predicted octanol–water partition coefficient (Wildman–Crippen LogP) is 2.84. The normalized spacial score (nSPS) is 16.4. The third-order valence-electron chi connectivity index (χ3n) is 4.88. The van der Waals surface area contributed by atoms with E-state index in [2.05, 4.69) is 11.4 Å². The summed E-state index contributed by atoms with van der Waals surface area (Å²) in [7, 11) is -3.73. The molecule has 0 bridgehead atoms. The number of rotatable bonds is 6. The zero-order valence-corrected chi connectivity index (χ0v) is 16.1. The molecule has 1 fully saturated rings. The molecular formula is C20H22FN3O3S. The Bertz CT molecular complexity index is 949. The van der Waals surface area contributed by atoms with Crippen LogP contribution in [0.25, 0.3) is 0 Å². The van der Waals surface area contributed by atoms with Crippen molar-refractivity contribution in [3.8, 4) is 12.3 Å². The van der Waals surface area contributed by atoms with Gasteiger partial charge in [-0.3, -0.25) is 10.7 Å². The van der Waals surface area contributed by atoms with E-state index in [0.29, 0.717) is 37.4 Å². The number of para-hydroxylation sites is 1. The van der Waals surface area contributed by atoms with Crippen LogP contribution in [0.4, 0.5) is 15.8 Å². The van der Waals surface area contributed by atoms with Crippen LogP contribution in [0.5, 0.6) is 0 Å². The van der Waals surface area contributed by atoms with Gasteiger partial charge in [0.25, 0.3) is 0 Å². The molecule has 0 saturated carbocycles. The highest BCUT2D eigenvalue weighted by atomic mass is 32.2. The molecule has 28 heavy (non-hydrogen) atoms. The largest absolute Gasteiger partial charge is 0.369 e. The van der Waals surface area contributed by atoms with E-state index in [1.807, 2.05) is 4.90 Å². The second-order valence-corrected chi connectivity index (χ2v) is 8.62. The van der Waals surface area contributed by atoms with E-state index >= 15 is 0 Å². The Morgan fingerprint density at radius 2 is 1.75 bits per heavy atom. The van der Waals surface area contributed by atoms with Crippen molar-refractivity contribution in [2.75, 3.05) is 36.6 Å². The van der Waals surface area contributed by atoms with Crippen molar-refractivity contribution in [1.29, 1.82) is 0 Å². The average molecular weight is 403 g/mol. The summed E-state index contributed by atoms with van der Waals surface area (Å²) in [6.07, 6.45) is 5.44. The minimum absolute atomic E-state index is 0.000791. The molecule has 2 aromatic carbocycles. The van der Waals surface area contributed by atoms with Crippen LogP contribution in [-0.4, -0.2) is 44.1 Å². The van der Waals surface area contributed by atoms with Crippen LogP contribution in [0.1, 0.15) is 17.2 Å². The van der Waals surface area contributed by atoms with Gasteiger partial charge in [0, 0.05) is 38.3 Å². The first-order valence-electron chi connectivity index (χ1n) is 8.89. The first-order valence-corrected chi connectivity index (χ1v) is 10.4. The molecule has 2 aromatic rings. The van der Waals surface area contributed by atoms with Gasteiger partial charge >= 0.3 is 0 Å². The Balaban J connectivity index is 1.79. The van der Waals surface area contributed by atoms with E-state index < -0.39 is 15.3 Å². The van der Waals surface area contributed by atoms with Crippen LogP contribution in [0, 0.1) is 18.2 Å². The average Bonchev–Trinajstić information content (AvgIpc) is 2.72. The molecule has 0 aromatic heterocycles. The number of halogens is 1. The molecule has 1 heterocycles. The molecule has 8 heteroatoms. The quantitative estimate of drug-likeness (QED) is 0.573. The molecule has 148 valence electrons. The Hall–Kier alpha value is -2.60. The van der Waals surface area contributed by atoms with Crippen LogP contribution in [0.15, 0.2) is 48.5 Å². The van der Waals surface area contributed by atoms with Crippen LogP contribution >= 0.6 is 0 Å². The van der Waals surface area contributed by atoms with Gasteiger partial charge in [0.05, 0.1) is 5.69 Å². The fourth-order valence-electron chi connectivity index (χ4n) is 3.39. The fraction of sp³-hybridized carbons (Fsp3) is 0.300. The van der Waals surface area contributed by atoms with Gasteiger partial charge in [-0.1, -0.05) is 18.2 Å². The third kappa shape index (κ3) is 4.12. The molecule has 1 saturated heterocycles. The van der Waals surface area contributed by atoms with Crippen LogP contribution in [0.3, 0.4) is 0 Å². The highest BCUT2D eigenvalue weighted by molar-refractivity contribution is 7.89. The standard InChI is InChI=1S/C20H22FN3O3S/c1-2-5-20(18-6-3-4-7-19(18)22-25)28(26,27)24-14-12-23(13-15-24)17-10-8-16(21)9-11-17/h1,3-4,6-11,20,22,25H,5,12-15H2. The van der Waals surface area contributed by atoms with Crippen LogP contribution in [-0.2, 0) is 10.0 Å². The molecule has 0 radical (unpaired) electrons. The van der Waals surface area contributed by atoms with E-state index in [1.165, 1.54) is 16.4 Å². The SMILES string of the molecule is C#CCC(c1ccccc1NO)S(=O)(=O)N1CCN(c2ccc(F)cc2)CC1. The number of sulfonamides is 1. The summed E-state index contributed by atoms with van der Waals surface area (Å²) in [6.45, 7) is 1.59. The maximum atomic E-state index is 13.3. The Kier molecular flexibility index (Phi) is 6.19. The summed E-state index contributed by atoms with van der Waals surface area (Å²) in [4.78, 5) is 2.02. The van der Waals surface area contributed by atoms with Crippen molar-refractivity contribution in [2.45, 2.75) is 11.7 Å². The van der Waals surface area contributed by atoms with E-state index in [0.717, 1.165) is 5.69 Å². The Morgan fingerprint density at radius 1 is 1.11 bits per heavy atom. The van der Waals surface area contributed by atoms with Crippen molar-refractivity contribution in [3.63, 3.8) is 0 Å². The molecule has 1 aliphatic rings. The summed E-state index contributed by atoms with van der Waals surface area (Å²) in [6, 6.07) is 12.8. The summed E-state index contributed by atoms with van der Waals surface area (Å²) >= 11 is 0. The summed E-state index contributed by atoms with van der Waals surface area (Å²) in [5, 5.41) is 8.40. The lowest BCUT2D eigenvalue weighted by atomic mass is 10.1. The molecule has 1 aliphatic heterocycles. The number of hydrogen-bond donors (Lipinski definition) is 2. The zero-order valence-electron chi connectivity index (χ0n) is 15.3. The molecule has 0 amide bonds. The Labute approximate surface area is 164 Å². The number of nitrogens with one attached hydrogen (secondary N) is 1. The number of anilines is 2. The van der Waals surface area contributed by atoms with Gasteiger partial charge in [0.15, 0.2) is 0 Å². The topological polar surface area (TPSA) is 72.9 Å². The van der Waals surface area contributed by atoms with E-state index in [4.69, 9.17) is 6.42 Å². The van der Waals surface area contributed by atoms with Gasteiger partial charge in [0.2, 0.25) is 10.0 Å². The first-order chi connectivity index (χ1) is 13.5. The van der Waals surface area contributed by atoms with Gasteiger partial charge in [0.1, 0.15) is 11.1 Å². The number of piperazine rings is 1. The minimum Gasteiger partial charge on any atom is -0.369 e. The second-order valence-electron chi connectivity index (χ2n) is 6.50. The van der Waals surface area contributed by atoms with E-state index in [1.54, 1.807) is 36.4 Å². The molecule has 1 unspecified atom stereocenters. The number of terminal acetylenes is 1. The zero-order chi connectivity index (χ0) is 20.1. The number of benzene rings is 2. The van der Waals surface area contributed by atoms with E-state index in [9.17, 15) is 18.0 Å². The monoisotopic (exact) mass is 403 g/mol. The minimum atomic E-state index is -3.73. The third-order valence-corrected chi connectivity index (χ3v) is 7.11. The van der Waals surface area contributed by atoms with Gasteiger partial charge < -0.3 is 4.90 Å². The fourth-order valence-corrected chi connectivity index (χ4v) is 5.26. The lowest BCUT2D eigenvalue weighted by molar-refractivity contribution is 0.378. The van der Waals surface area contributed by atoms with Gasteiger partial charge in [-0.2, -0.15) is 4.31 Å². The summed E-state index contributed by atoms with van der Waals surface area (Å²) < 4.78 is 41.1. The molecule has 2 N–H and O–H groups in total. The molecule has 3 rings (SSSR count). The second kappa shape index (κ2) is 8.61. The lowest BCUT2D eigenvalue weighted by Gasteiger charge is -2.37. The van der Waals surface area contributed by atoms with Gasteiger partial charge in [-0.25, -0.2) is 12.8 Å². The molecule has 1 atom stereocenters. The van der Waals surface area contributed by atoms with Crippen molar-refractivity contribution in [2.24, 2.45) is 0 Å². The van der Waals surface area contributed by atoms with E-state index in [-0.39, 0.29) is 12.2 Å². The maximum Gasteiger partial charge on any atom is 0.222 e. The van der Waals surface area contributed by atoms with Crippen LogP contribution in [0.2, 0.25) is 0 Å². The molecule has 0 spiro atoms. The van der Waals surface area contributed by atoms with Crippen molar-refractivity contribution in [3.05, 3.63) is 59.9 Å². The Morgan fingerprint density at radius 3 is 2.36 bits per heavy atom. The van der Waals surface area contributed by atoms with Crippen molar-refractivity contribution >= 4 is 21.4 Å².